The van der Waals surface area contributed by atoms with E-state index in [4.69, 9.17) is 15.2 Å². The molecular formula is C13H19NO3. The van der Waals surface area contributed by atoms with Gasteiger partial charge in [-0.3, -0.25) is 0 Å². The number of nitrogens with two attached hydrogens (primary N) is 1. The molecule has 17 heavy (non-hydrogen) atoms. The van der Waals surface area contributed by atoms with E-state index in [0.29, 0.717) is 24.5 Å². The summed E-state index contributed by atoms with van der Waals surface area (Å²) in [7, 11) is 0. The van der Waals surface area contributed by atoms with Gasteiger partial charge in [0.1, 0.15) is 5.75 Å². The van der Waals surface area contributed by atoms with Crippen LogP contribution in [0, 0.1) is 0 Å². The van der Waals surface area contributed by atoms with Crippen molar-refractivity contribution in [3.63, 3.8) is 0 Å². The average Bonchev–Trinajstić information content (AvgIpc) is 2.33. The summed E-state index contributed by atoms with van der Waals surface area (Å²) < 4.78 is 10.6. The summed E-state index contributed by atoms with van der Waals surface area (Å²) >= 11 is 0. The fraction of sp³-hybridized carbons (Fsp3) is 0.462. The first-order valence-corrected chi connectivity index (χ1v) is 5.86. The molecule has 1 rings (SSSR count). The highest BCUT2D eigenvalue weighted by Gasteiger charge is 2.19. The molecule has 0 aliphatic rings. The SMILES string of the molecule is CCCOC(=O)C(CC)Oc1cccc(N)c1. The molecule has 0 saturated heterocycles. The minimum atomic E-state index is -0.566. The van der Waals surface area contributed by atoms with Gasteiger partial charge in [0, 0.05) is 11.8 Å². The Bertz CT molecular complexity index is 365. The second kappa shape index (κ2) is 6.78. The molecule has 0 spiro atoms. The molecule has 0 aliphatic carbocycles. The van der Waals surface area contributed by atoms with Crippen LogP contribution in [0.5, 0.6) is 5.75 Å². The summed E-state index contributed by atoms with van der Waals surface area (Å²) in [6.07, 6.45) is 0.806. The highest BCUT2D eigenvalue weighted by atomic mass is 16.6. The van der Waals surface area contributed by atoms with Crippen molar-refractivity contribution >= 4 is 11.7 Å². The van der Waals surface area contributed by atoms with Crippen LogP contribution in [-0.4, -0.2) is 18.7 Å². The molecule has 0 radical (unpaired) electrons. The molecule has 1 unspecified atom stereocenters. The van der Waals surface area contributed by atoms with Crippen molar-refractivity contribution in [2.24, 2.45) is 0 Å². The van der Waals surface area contributed by atoms with Crippen molar-refractivity contribution in [2.45, 2.75) is 32.8 Å². The maximum absolute atomic E-state index is 11.6. The minimum Gasteiger partial charge on any atom is -0.479 e. The molecule has 1 aromatic carbocycles. The van der Waals surface area contributed by atoms with Gasteiger partial charge in [0.15, 0.2) is 6.10 Å². The summed E-state index contributed by atoms with van der Waals surface area (Å²) in [5.41, 5.74) is 6.25. The Labute approximate surface area is 102 Å². The number of hydrogen-bond donors (Lipinski definition) is 1. The van der Waals surface area contributed by atoms with Crippen LogP contribution in [0.15, 0.2) is 24.3 Å². The Hall–Kier alpha value is -1.71. The smallest absolute Gasteiger partial charge is 0.347 e. The fourth-order valence-electron chi connectivity index (χ4n) is 1.35. The van der Waals surface area contributed by atoms with Gasteiger partial charge in [0.05, 0.1) is 6.61 Å². The zero-order valence-corrected chi connectivity index (χ0v) is 10.3. The van der Waals surface area contributed by atoms with Crippen LogP contribution in [0.2, 0.25) is 0 Å². The van der Waals surface area contributed by atoms with Crippen LogP contribution in [0.3, 0.4) is 0 Å². The number of benzene rings is 1. The van der Waals surface area contributed by atoms with Crippen LogP contribution in [0.4, 0.5) is 5.69 Å². The molecule has 2 N–H and O–H groups in total. The molecule has 94 valence electrons. The van der Waals surface area contributed by atoms with Crippen LogP contribution in [-0.2, 0) is 9.53 Å². The van der Waals surface area contributed by atoms with Crippen molar-refractivity contribution < 1.29 is 14.3 Å². The van der Waals surface area contributed by atoms with Gasteiger partial charge in [0.2, 0.25) is 0 Å². The lowest BCUT2D eigenvalue weighted by molar-refractivity contribution is -0.152. The van der Waals surface area contributed by atoms with Gasteiger partial charge >= 0.3 is 5.97 Å². The Morgan fingerprint density at radius 3 is 2.76 bits per heavy atom. The number of carbonyl (C=O) groups excluding carboxylic acids is 1. The molecule has 4 heteroatoms. The quantitative estimate of drug-likeness (QED) is 0.609. The Morgan fingerprint density at radius 2 is 2.18 bits per heavy atom. The van der Waals surface area contributed by atoms with Gasteiger partial charge in [-0.15, -0.1) is 0 Å². The zero-order valence-electron chi connectivity index (χ0n) is 10.3. The highest BCUT2D eigenvalue weighted by molar-refractivity contribution is 5.75. The first-order chi connectivity index (χ1) is 8.17. The monoisotopic (exact) mass is 237 g/mol. The third-order valence-corrected chi connectivity index (χ3v) is 2.22. The molecule has 0 saturated carbocycles. The number of nitrogen functional groups attached to an aromatic ring is 1. The van der Waals surface area contributed by atoms with Crippen LogP contribution < -0.4 is 10.5 Å². The van der Waals surface area contributed by atoms with E-state index < -0.39 is 6.10 Å². The second-order valence-electron chi connectivity index (χ2n) is 3.75. The molecule has 1 aromatic rings. The maximum Gasteiger partial charge on any atom is 0.347 e. The summed E-state index contributed by atoms with van der Waals surface area (Å²) in [5.74, 6) is 0.266. The number of esters is 1. The van der Waals surface area contributed by atoms with Gasteiger partial charge in [0.25, 0.3) is 0 Å². The summed E-state index contributed by atoms with van der Waals surface area (Å²) in [4.78, 5) is 11.6. The van der Waals surface area contributed by atoms with Crippen molar-refractivity contribution in [3.8, 4) is 5.75 Å². The van der Waals surface area contributed by atoms with Crippen LogP contribution in [0.25, 0.3) is 0 Å². The number of anilines is 1. The third-order valence-electron chi connectivity index (χ3n) is 2.22. The molecule has 0 bridgehead atoms. The third kappa shape index (κ3) is 4.34. The lowest BCUT2D eigenvalue weighted by Crippen LogP contribution is -2.28. The largest absolute Gasteiger partial charge is 0.479 e. The molecule has 0 fully saturated rings. The van der Waals surface area contributed by atoms with E-state index in [2.05, 4.69) is 0 Å². The molecule has 4 nitrogen and oxygen atoms in total. The topological polar surface area (TPSA) is 61.5 Å². The number of hydrogen-bond acceptors (Lipinski definition) is 4. The van der Waals surface area contributed by atoms with Crippen molar-refractivity contribution in [3.05, 3.63) is 24.3 Å². The first kappa shape index (κ1) is 13.4. The molecule has 1 atom stereocenters. The summed E-state index contributed by atoms with van der Waals surface area (Å²) in [6, 6.07) is 7.01. The van der Waals surface area contributed by atoms with E-state index in [1.54, 1.807) is 24.3 Å². The van der Waals surface area contributed by atoms with E-state index in [1.807, 2.05) is 13.8 Å². The van der Waals surface area contributed by atoms with Gasteiger partial charge < -0.3 is 15.2 Å². The van der Waals surface area contributed by atoms with E-state index in [-0.39, 0.29) is 5.97 Å². The van der Waals surface area contributed by atoms with E-state index in [1.165, 1.54) is 0 Å². The number of rotatable bonds is 6. The number of ether oxygens (including phenoxy) is 2. The van der Waals surface area contributed by atoms with Crippen LogP contribution >= 0.6 is 0 Å². The minimum absolute atomic E-state index is 0.322. The summed E-state index contributed by atoms with van der Waals surface area (Å²) in [6.45, 7) is 4.26. The van der Waals surface area contributed by atoms with Gasteiger partial charge in [-0.1, -0.05) is 19.9 Å². The maximum atomic E-state index is 11.6. The lowest BCUT2D eigenvalue weighted by Gasteiger charge is -2.16. The molecule has 0 aromatic heterocycles. The zero-order chi connectivity index (χ0) is 12.7. The van der Waals surface area contributed by atoms with Crippen molar-refractivity contribution in [1.82, 2.24) is 0 Å². The molecular weight excluding hydrogens is 218 g/mol. The van der Waals surface area contributed by atoms with Gasteiger partial charge in [-0.25, -0.2) is 4.79 Å². The molecule has 0 aliphatic heterocycles. The molecule has 0 heterocycles. The van der Waals surface area contributed by atoms with Gasteiger partial charge in [-0.05, 0) is 25.0 Å². The predicted molar refractivity (Wildman–Crippen MR) is 66.8 cm³/mol. The van der Waals surface area contributed by atoms with E-state index in [9.17, 15) is 4.79 Å². The average molecular weight is 237 g/mol. The predicted octanol–water partition coefficient (Wildman–Crippen LogP) is 2.38. The fourth-order valence-corrected chi connectivity index (χ4v) is 1.35. The Balaban J connectivity index is 2.60. The van der Waals surface area contributed by atoms with E-state index in [0.717, 1.165) is 6.42 Å². The van der Waals surface area contributed by atoms with Crippen LogP contribution in [0.1, 0.15) is 26.7 Å². The first-order valence-electron chi connectivity index (χ1n) is 5.86. The second-order valence-corrected chi connectivity index (χ2v) is 3.75. The Morgan fingerprint density at radius 1 is 1.41 bits per heavy atom. The van der Waals surface area contributed by atoms with E-state index >= 15 is 0 Å². The standard InChI is InChI=1S/C13H19NO3/c1-3-8-16-13(15)12(4-2)17-11-7-5-6-10(14)9-11/h5-7,9,12H,3-4,8,14H2,1-2H3. The lowest BCUT2D eigenvalue weighted by atomic mass is 10.2. The number of carbonyl (C=O) groups is 1. The van der Waals surface area contributed by atoms with Gasteiger partial charge in [-0.2, -0.15) is 0 Å². The Kier molecular flexibility index (Phi) is 5.33. The van der Waals surface area contributed by atoms with Crippen molar-refractivity contribution in [1.29, 1.82) is 0 Å². The summed E-state index contributed by atoms with van der Waals surface area (Å²) in [5, 5.41) is 0. The van der Waals surface area contributed by atoms with Crippen molar-refractivity contribution in [2.75, 3.05) is 12.3 Å². The highest BCUT2D eigenvalue weighted by Crippen LogP contribution is 2.17. The normalized spacial score (nSPS) is 11.9. The molecule has 0 amide bonds.